The maximum Gasteiger partial charge on any atom is 0.404 e. The Hall–Kier alpha value is -2.13. The van der Waals surface area contributed by atoms with Gasteiger partial charge >= 0.3 is 6.09 Å². The number of amides is 1. The first-order valence-corrected chi connectivity index (χ1v) is 5.49. The molecule has 0 atom stereocenters. The second-order valence-electron chi connectivity index (χ2n) is 3.66. The van der Waals surface area contributed by atoms with Crippen LogP contribution in [0.15, 0.2) is 18.2 Å². The molecule has 0 spiro atoms. The van der Waals surface area contributed by atoms with E-state index in [4.69, 9.17) is 10.4 Å². The van der Waals surface area contributed by atoms with Crippen molar-refractivity contribution in [3.8, 4) is 6.07 Å². The Morgan fingerprint density at radius 3 is 2.83 bits per heavy atom. The predicted octanol–water partition coefficient (Wildman–Crippen LogP) is 1.10. The molecule has 1 amide bonds. The summed E-state index contributed by atoms with van der Waals surface area (Å²) < 4.78 is 13.0. The van der Waals surface area contributed by atoms with Crippen LogP contribution in [-0.2, 0) is 6.42 Å². The monoisotopic (exact) mass is 251 g/mol. The van der Waals surface area contributed by atoms with Gasteiger partial charge in [-0.2, -0.15) is 5.26 Å². The summed E-state index contributed by atoms with van der Waals surface area (Å²) in [5.74, 6) is -0.514. The number of rotatable bonds is 6. The Balaban J connectivity index is 2.28. The van der Waals surface area contributed by atoms with Crippen molar-refractivity contribution in [3.63, 3.8) is 0 Å². The smallest absolute Gasteiger partial charge is 0.404 e. The van der Waals surface area contributed by atoms with Crippen LogP contribution >= 0.6 is 0 Å². The molecule has 0 aliphatic carbocycles. The Kier molecular flexibility index (Phi) is 5.61. The molecule has 0 bridgehead atoms. The first-order valence-electron chi connectivity index (χ1n) is 5.49. The minimum atomic E-state index is -1.05. The molecule has 6 heteroatoms. The normalized spacial score (nSPS) is 9.78. The van der Waals surface area contributed by atoms with Crippen LogP contribution < -0.4 is 10.6 Å². The zero-order valence-electron chi connectivity index (χ0n) is 9.74. The number of carboxylic acid groups (broad SMARTS) is 1. The van der Waals surface area contributed by atoms with Gasteiger partial charge in [-0.1, -0.05) is 6.07 Å². The standard InChI is InChI=1S/C12H14FN3O2/c13-11-2-1-9(7-10(11)8-14)3-4-15-5-6-16-12(17)18/h1-2,7,15-16H,3-6H2,(H,17,18). The third-order valence-corrected chi connectivity index (χ3v) is 2.32. The zero-order chi connectivity index (χ0) is 13.4. The van der Waals surface area contributed by atoms with Crippen LogP contribution in [0.2, 0.25) is 0 Å². The fourth-order valence-corrected chi connectivity index (χ4v) is 1.43. The third kappa shape index (κ3) is 4.80. The van der Waals surface area contributed by atoms with Gasteiger partial charge in [-0.3, -0.25) is 0 Å². The van der Waals surface area contributed by atoms with E-state index in [9.17, 15) is 9.18 Å². The maximum atomic E-state index is 13.0. The van der Waals surface area contributed by atoms with Crippen molar-refractivity contribution >= 4 is 6.09 Å². The number of carbonyl (C=O) groups is 1. The fourth-order valence-electron chi connectivity index (χ4n) is 1.43. The largest absolute Gasteiger partial charge is 0.465 e. The van der Waals surface area contributed by atoms with E-state index in [1.54, 1.807) is 12.1 Å². The number of nitriles is 1. The SMILES string of the molecule is N#Cc1cc(CCNCCNC(=O)O)ccc1F. The number of hydrogen-bond donors (Lipinski definition) is 3. The predicted molar refractivity (Wildman–Crippen MR) is 63.7 cm³/mol. The lowest BCUT2D eigenvalue weighted by Gasteiger charge is -2.05. The highest BCUT2D eigenvalue weighted by molar-refractivity contribution is 5.64. The van der Waals surface area contributed by atoms with Crippen molar-refractivity contribution in [2.45, 2.75) is 6.42 Å². The Morgan fingerprint density at radius 1 is 1.39 bits per heavy atom. The molecular formula is C12H14FN3O2. The molecule has 1 rings (SSSR count). The van der Waals surface area contributed by atoms with E-state index in [0.717, 1.165) is 5.56 Å². The van der Waals surface area contributed by atoms with Gasteiger partial charge in [0.2, 0.25) is 0 Å². The van der Waals surface area contributed by atoms with E-state index < -0.39 is 11.9 Å². The van der Waals surface area contributed by atoms with Gasteiger partial charge in [0.1, 0.15) is 11.9 Å². The van der Waals surface area contributed by atoms with Gasteiger partial charge in [0.15, 0.2) is 0 Å². The summed E-state index contributed by atoms with van der Waals surface area (Å²) in [6.07, 6.45) is -0.392. The maximum absolute atomic E-state index is 13.0. The first-order chi connectivity index (χ1) is 8.63. The molecule has 1 aromatic rings. The molecule has 0 saturated carbocycles. The highest BCUT2D eigenvalue weighted by Crippen LogP contribution is 2.09. The van der Waals surface area contributed by atoms with Gasteiger partial charge in [-0.05, 0) is 30.7 Å². The van der Waals surface area contributed by atoms with Crippen LogP contribution in [0.4, 0.5) is 9.18 Å². The average Bonchev–Trinajstić information content (AvgIpc) is 2.35. The minimum Gasteiger partial charge on any atom is -0.465 e. The van der Waals surface area contributed by atoms with E-state index in [2.05, 4.69) is 10.6 Å². The number of halogens is 1. The van der Waals surface area contributed by atoms with Gasteiger partial charge in [0.05, 0.1) is 5.56 Å². The number of benzene rings is 1. The second kappa shape index (κ2) is 7.25. The molecule has 1 aromatic carbocycles. The summed E-state index contributed by atoms with van der Waals surface area (Å²) in [4.78, 5) is 10.2. The number of nitrogens with zero attached hydrogens (tertiary/aromatic N) is 1. The summed E-state index contributed by atoms with van der Waals surface area (Å²) in [6, 6.07) is 6.22. The molecule has 0 saturated heterocycles. The molecular weight excluding hydrogens is 237 g/mol. The number of nitrogens with one attached hydrogen (secondary N) is 2. The molecule has 0 fully saturated rings. The highest BCUT2D eigenvalue weighted by Gasteiger charge is 2.02. The molecule has 18 heavy (non-hydrogen) atoms. The van der Waals surface area contributed by atoms with Gasteiger partial charge in [-0.15, -0.1) is 0 Å². The Morgan fingerprint density at radius 2 is 2.17 bits per heavy atom. The molecule has 96 valence electrons. The highest BCUT2D eigenvalue weighted by atomic mass is 19.1. The van der Waals surface area contributed by atoms with Crippen LogP contribution in [-0.4, -0.2) is 30.8 Å². The van der Waals surface area contributed by atoms with Crippen LogP contribution in [0.5, 0.6) is 0 Å². The minimum absolute atomic E-state index is 0.0417. The van der Waals surface area contributed by atoms with E-state index in [-0.39, 0.29) is 5.56 Å². The molecule has 0 aliphatic rings. The third-order valence-electron chi connectivity index (χ3n) is 2.32. The molecule has 0 heterocycles. The molecule has 0 aromatic heterocycles. The van der Waals surface area contributed by atoms with E-state index in [0.29, 0.717) is 26.1 Å². The van der Waals surface area contributed by atoms with Gasteiger partial charge in [-0.25, -0.2) is 9.18 Å². The van der Waals surface area contributed by atoms with Crippen LogP contribution in [0.1, 0.15) is 11.1 Å². The average molecular weight is 251 g/mol. The lowest BCUT2D eigenvalue weighted by molar-refractivity contribution is 0.194. The van der Waals surface area contributed by atoms with Crippen molar-refractivity contribution in [1.82, 2.24) is 10.6 Å². The zero-order valence-corrected chi connectivity index (χ0v) is 9.74. The molecule has 0 aliphatic heterocycles. The van der Waals surface area contributed by atoms with Crippen molar-refractivity contribution in [2.24, 2.45) is 0 Å². The number of hydrogen-bond acceptors (Lipinski definition) is 3. The van der Waals surface area contributed by atoms with Gasteiger partial charge in [0, 0.05) is 13.1 Å². The summed E-state index contributed by atoms with van der Waals surface area (Å²) in [7, 11) is 0. The second-order valence-corrected chi connectivity index (χ2v) is 3.66. The van der Waals surface area contributed by atoms with E-state index >= 15 is 0 Å². The summed E-state index contributed by atoms with van der Waals surface area (Å²) in [5, 5.41) is 22.3. The molecule has 0 radical (unpaired) electrons. The quantitative estimate of drug-likeness (QED) is 0.661. The topological polar surface area (TPSA) is 85.2 Å². The van der Waals surface area contributed by atoms with Crippen molar-refractivity contribution in [2.75, 3.05) is 19.6 Å². The summed E-state index contributed by atoms with van der Waals surface area (Å²) >= 11 is 0. The van der Waals surface area contributed by atoms with Crippen LogP contribution in [0.25, 0.3) is 0 Å². The molecule has 5 nitrogen and oxygen atoms in total. The Bertz CT molecular complexity index is 457. The lowest BCUT2D eigenvalue weighted by atomic mass is 10.1. The Labute approximate surface area is 104 Å². The molecule has 3 N–H and O–H groups in total. The van der Waals surface area contributed by atoms with Crippen molar-refractivity contribution in [3.05, 3.63) is 35.1 Å². The summed E-state index contributed by atoms with van der Waals surface area (Å²) in [5.41, 5.74) is 0.909. The fraction of sp³-hybridized carbons (Fsp3) is 0.333. The lowest BCUT2D eigenvalue weighted by Crippen LogP contribution is -2.31. The molecule has 0 unspecified atom stereocenters. The first kappa shape index (κ1) is 13.9. The van der Waals surface area contributed by atoms with Crippen LogP contribution in [0, 0.1) is 17.1 Å². The van der Waals surface area contributed by atoms with Crippen molar-refractivity contribution < 1.29 is 14.3 Å². The van der Waals surface area contributed by atoms with Crippen molar-refractivity contribution in [1.29, 1.82) is 5.26 Å². The van der Waals surface area contributed by atoms with Gasteiger partial charge in [0.25, 0.3) is 0 Å². The van der Waals surface area contributed by atoms with Crippen LogP contribution in [0.3, 0.4) is 0 Å². The van der Waals surface area contributed by atoms with E-state index in [1.165, 1.54) is 12.1 Å². The van der Waals surface area contributed by atoms with Gasteiger partial charge < -0.3 is 15.7 Å². The summed E-state index contributed by atoms with van der Waals surface area (Å²) in [6.45, 7) is 1.50. The van der Waals surface area contributed by atoms with E-state index in [1.807, 2.05) is 0 Å².